The van der Waals surface area contributed by atoms with Crippen LogP contribution >= 0.6 is 0 Å². The molecule has 0 aromatic heterocycles. The van der Waals surface area contributed by atoms with Crippen molar-refractivity contribution >= 4 is 5.91 Å². The van der Waals surface area contributed by atoms with Crippen LogP contribution in [0.1, 0.15) is 30.9 Å². The van der Waals surface area contributed by atoms with E-state index in [9.17, 15) is 15.0 Å². The third kappa shape index (κ3) is 3.05. The summed E-state index contributed by atoms with van der Waals surface area (Å²) in [7, 11) is 0. The lowest BCUT2D eigenvalue weighted by molar-refractivity contribution is -0.130. The van der Waals surface area contributed by atoms with E-state index in [1.807, 2.05) is 6.07 Å². The van der Waals surface area contributed by atoms with Crippen LogP contribution in [0.4, 0.5) is 0 Å². The Morgan fingerprint density at radius 2 is 2.00 bits per heavy atom. The van der Waals surface area contributed by atoms with Crippen molar-refractivity contribution in [2.75, 3.05) is 0 Å². The van der Waals surface area contributed by atoms with Gasteiger partial charge in [0.1, 0.15) is 0 Å². The summed E-state index contributed by atoms with van der Waals surface area (Å²) < 4.78 is 0. The number of nitrogens with one attached hydrogen (secondary N) is 1. The van der Waals surface area contributed by atoms with Gasteiger partial charge in [-0.05, 0) is 24.8 Å². The quantitative estimate of drug-likeness (QED) is 0.724. The molecule has 3 atom stereocenters. The summed E-state index contributed by atoms with van der Waals surface area (Å²) in [6, 6.07) is 8.81. The molecule has 1 amide bonds. The lowest BCUT2D eigenvalue weighted by atomic mass is 10.1. The Bertz CT molecular complexity index is 380. The summed E-state index contributed by atoms with van der Waals surface area (Å²) >= 11 is 0. The number of hydrogen-bond acceptors (Lipinski definition) is 3. The van der Waals surface area contributed by atoms with Crippen LogP contribution in [0.15, 0.2) is 30.3 Å². The van der Waals surface area contributed by atoms with Crippen molar-refractivity contribution in [3.63, 3.8) is 0 Å². The predicted molar refractivity (Wildman–Crippen MR) is 63.2 cm³/mol. The summed E-state index contributed by atoms with van der Waals surface area (Å²) in [5.74, 6) is -0.393. The first-order valence-electron chi connectivity index (χ1n) is 5.88. The van der Waals surface area contributed by atoms with Crippen molar-refractivity contribution in [1.29, 1.82) is 0 Å². The van der Waals surface area contributed by atoms with E-state index in [2.05, 4.69) is 5.32 Å². The molecule has 1 aromatic rings. The molecule has 0 bridgehead atoms. The number of carbonyl (C=O) groups is 1. The topological polar surface area (TPSA) is 69.6 Å². The number of carbonyl (C=O) groups excluding carboxylic acids is 1. The summed E-state index contributed by atoms with van der Waals surface area (Å²) in [5.41, 5.74) is 0.587. The fraction of sp³-hybridized carbons (Fsp3) is 0.462. The zero-order valence-electron chi connectivity index (χ0n) is 9.54. The van der Waals surface area contributed by atoms with Crippen molar-refractivity contribution in [1.82, 2.24) is 5.32 Å². The maximum absolute atomic E-state index is 11.8. The number of amides is 1. The predicted octanol–water partition coefficient (Wildman–Crippen LogP) is 0.750. The lowest BCUT2D eigenvalue weighted by Crippen LogP contribution is -2.36. The zero-order chi connectivity index (χ0) is 12.3. The maximum atomic E-state index is 11.8. The Balaban J connectivity index is 1.92. The van der Waals surface area contributed by atoms with Gasteiger partial charge < -0.3 is 15.5 Å². The van der Waals surface area contributed by atoms with Crippen molar-refractivity contribution in [2.24, 2.45) is 0 Å². The minimum Gasteiger partial charge on any atom is -0.393 e. The van der Waals surface area contributed by atoms with Gasteiger partial charge in [-0.3, -0.25) is 4.79 Å². The van der Waals surface area contributed by atoms with Crippen LogP contribution in [0.2, 0.25) is 0 Å². The summed E-state index contributed by atoms with van der Waals surface area (Å²) in [5, 5.41) is 22.0. The molecule has 0 saturated heterocycles. The van der Waals surface area contributed by atoms with Crippen LogP contribution in [-0.4, -0.2) is 28.3 Å². The van der Waals surface area contributed by atoms with Gasteiger partial charge in [-0.15, -0.1) is 0 Å². The molecule has 92 valence electrons. The number of hydrogen-bond donors (Lipinski definition) is 3. The van der Waals surface area contributed by atoms with Gasteiger partial charge in [0.05, 0.1) is 6.10 Å². The number of aliphatic hydroxyl groups excluding tert-OH is 2. The molecule has 1 saturated carbocycles. The highest BCUT2D eigenvalue weighted by atomic mass is 16.3. The fourth-order valence-electron chi connectivity index (χ4n) is 2.16. The minimum atomic E-state index is -1.13. The molecule has 1 aromatic carbocycles. The highest BCUT2D eigenvalue weighted by Gasteiger charge is 2.26. The minimum absolute atomic E-state index is 0.0177. The molecule has 4 nitrogen and oxygen atoms in total. The van der Waals surface area contributed by atoms with E-state index in [-0.39, 0.29) is 12.1 Å². The van der Waals surface area contributed by atoms with Gasteiger partial charge in [0.25, 0.3) is 5.91 Å². The molecule has 1 aliphatic carbocycles. The van der Waals surface area contributed by atoms with E-state index in [1.54, 1.807) is 24.3 Å². The van der Waals surface area contributed by atoms with Gasteiger partial charge in [0.15, 0.2) is 6.10 Å². The number of benzene rings is 1. The van der Waals surface area contributed by atoms with Gasteiger partial charge in [-0.2, -0.15) is 0 Å². The second-order valence-corrected chi connectivity index (χ2v) is 4.49. The Morgan fingerprint density at radius 3 is 2.59 bits per heavy atom. The zero-order valence-corrected chi connectivity index (χ0v) is 9.54. The second-order valence-electron chi connectivity index (χ2n) is 4.49. The van der Waals surface area contributed by atoms with E-state index < -0.39 is 12.0 Å². The van der Waals surface area contributed by atoms with Crippen LogP contribution in [0.5, 0.6) is 0 Å². The number of aliphatic hydroxyl groups is 2. The molecular formula is C13H17NO3. The van der Waals surface area contributed by atoms with Crippen molar-refractivity contribution in [3.8, 4) is 0 Å². The third-order valence-electron chi connectivity index (χ3n) is 3.11. The lowest BCUT2D eigenvalue weighted by Gasteiger charge is -2.16. The first kappa shape index (κ1) is 12.1. The molecule has 4 heteroatoms. The standard InChI is InChI=1S/C13H17NO3/c15-11-7-6-10(8-11)14-13(17)12(16)9-4-2-1-3-5-9/h1-5,10-12,15-16H,6-8H2,(H,14,17)/t10-,11+,12+/m0/s1. The van der Waals surface area contributed by atoms with E-state index in [0.717, 1.165) is 6.42 Å². The molecule has 0 aliphatic heterocycles. The fourth-order valence-corrected chi connectivity index (χ4v) is 2.16. The summed E-state index contributed by atoms with van der Waals surface area (Å²) in [6.45, 7) is 0. The third-order valence-corrected chi connectivity index (χ3v) is 3.11. The Kier molecular flexibility index (Phi) is 3.76. The highest BCUT2D eigenvalue weighted by Crippen LogP contribution is 2.20. The van der Waals surface area contributed by atoms with Crippen molar-refractivity contribution in [2.45, 2.75) is 37.5 Å². The largest absolute Gasteiger partial charge is 0.393 e. The molecule has 0 radical (unpaired) electrons. The van der Waals surface area contributed by atoms with E-state index >= 15 is 0 Å². The maximum Gasteiger partial charge on any atom is 0.253 e. The van der Waals surface area contributed by atoms with Crippen molar-refractivity contribution < 1.29 is 15.0 Å². The molecule has 0 heterocycles. The molecule has 1 aliphatic rings. The van der Waals surface area contributed by atoms with Crippen molar-refractivity contribution in [3.05, 3.63) is 35.9 Å². The molecule has 2 rings (SSSR count). The Labute approximate surface area is 100 Å². The van der Waals surface area contributed by atoms with Gasteiger partial charge in [0.2, 0.25) is 0 Å². The van der Waals surface area contributed by atoms with E-state index in [1.165, 1.54) is 0 Å². The number of rotatable bonds is 3. The summed E-state index contributed by atoms with van der Waals surface area (Å²) in [4.78, 5) is 11.8. The SMILES string of the molecule is O=C(N[C@H]1CC[C@@H](O)C1)[C@H](O)c1ccccc1. The molecule has 3 N–H and O–H groups in total. The van der Waals surface area contributed by atoms with E-state index in [0.29, 0.717) is 18.4 Å². The average molecular weight is 235 g/mol. The molecular weight excluding hydrogens is 218 g/mol. The highest BCUT2D eigenvalue weighted by molar-refractivity contribution is 5.82. The van der Waals surface area contributed by atoms with Crippen LogP contribution in [0.25, 0.3) is 0 Å². The monoisotopic (exact) mass is 235 g/mol. The smallest absolute Gasteiger partial charge is 0.253 e. The summed E-state index contributed by atoms with van der Waals surface area (Å²) in [6.07, 6.45) is 0.608. The van der Waals surface area contributed by atoms with Gasteiger partial charge in [0, 0.05) is 6.04 Å². The van der Waals surface area contributed by atoms with Crippen LogP contribution in [0.3, 0.4) is 0 Å². The molecule has 17 heavy (non-hydrogen) atoms. The average Bonchev–Trinajstić information content (AvgIpc) is 2.75. The second kappa shape index (κ2) is 5.29. The van der Waals surface area contributed by atoms with Crippen LogP contribution in [0, 0.1) is 0 Å². The Morgan fingerprint density at radius 1 is 1.29 bits per heavy atom. The first-order chi connectivity index (χ1) is 8.16. The first-order valence-corrected chi connectivity index (χ1v) is 5.88. The molecule has 0 unspecified atom stereocenters. The van der Waals surface area contributed by atoms with Crippen LogP contribution in [-0.2, 0) is 4.79 Å². The normalized spacial score (nSPS) is 25.5. The van der Waals surface area contributed by atoms with Gasteiger partial charge in [-0.25, -0.2) is 0 Å². The van der Waals surface area contributed by atoms with Gasteiger partial charge >= 0.3 is 0 Å². The molecule has 0 spiro atoms. The van der Waals surface area contributed by atoms with Gasteiger partial charge in [-0.1, -0.05) is 30.3 Å². The van der Waals surface area contributed by atoms with E-state index in [4.69, 9.17) is 0 Å². The van der Waals surface area contributed by atoms with Crippen LogP contribution < -0.4 is 5.32 Å². The molecule has 1 fully saturated rings. The Hall–Kier alpha value is -1.39.